The Morgan fingerprint density at radius 2 is 2.06 bits per heavy atom. The van der Waals surface area contributed by atoms with Crippen LogP contribution in [0.25, 0.3) is 0 Å². The Labute approximate surface area is 107 Å². The zero-order valence-corrected chi connectivity index (χ0v) is 10.8. The van der Waals surface area contributed by atoms with Crippen molar-refractivity contribution in [3.8, 4) is 0 Å². The summed E-state index contributed by atoms with van der Waals surface area (Å²) in [5.74, 6) is -0.662. The Kier molecular flexibility index (Phi) is 3.97. The number of hydrogen-bond acceptors (Lipinski definition) is 2. The van der Waals surface area contributed by atoms with Crippen LogP contribution in [0.5, 0.6) is 0 Å². The number of amides is 1. The van der Waals surface area contributed by atoms with Gasteiger partial charge in [-0.3, -0.25) is 4.79 Å². The van der Waals surface area contributed by atoms with Crippen molar-refractivity contribution in [1.29, 1.82) is 0 Å². The fourth-order valence-electron chi connectivity index (χ4n) is 2.24. The van der Waals surface area contributed by atoms with Crippen molar-refractivity contribution in [2.45, 2.75) is 25.8 Å². The molecule has 1 aromatic carbocycles. The van der Waals surface area contributed by atoms with Crippen LogP contribution in [0.15, 0.2) is 18.2 Å². The maximum absolute atomic E-state index is 13.9. The molecule has 0 unspecified atom stereocenters. The first-order valence-corrected chi connectivity index (χ1v) is 6.21. The molecule has 1 amide bonds. The second kappa shape index (κ2) is 5.48. The van der Waals surface area contributed by atoms with Crippen LogP contribution in [-0.4, -0.2) is 37.1 Å². The van der Waals surface area contributed by atoms with Gasteiger partial charge >= 0.3 is 0 Å². The summed E-state index contributed by atoms with van der Waals surface area (Å²) < 4.78 is 19.2. The molecular formula is C14H18FNO2. The summed E-state index contributed by atoms with van der Waals surface area (Å²) in [6.45, 7) is 3.00. The van der Waals surface area contributed by atoms with E-state index in [1.165, 1.54) is 0 Å². The van der Waals surface area contributed by atoms with Crippen molar-refractivity contribution in [2.75, 3.05) is 20.3 Å². The number of ether oxygens (including phenoxy) is 1. The van der Waals surface area contributed by atoms with Crippen LogP contribution in [0.3, 0.4) is 0 Å². The number of aryl methyl sites for hydroxylation is 1. The molecule has 4 heteroatoms. The molecule has 0 aliphatic carbocycles. The summed E-state index contributed by atoms with van der Waals surface area (Å²) in [4.78, 5) is 13.9. The molecular weight excluding hydrogens is 233 g/mol. The van der Waals surface area contributed by atoms with Gasteiger partial charge in [-0.15, -0.1) is 0 Å². The third-order valence-corrected chi connectivity index (χ3v) is 3.48. The molecule has 98 valence electrons. The van der Waals surface area contributed by atoms with E-state index in [0.717, 1.165) is 12.8 Å². The normalized spacial score (nSPS) is 16.6. The molecule has 0 atom stereocenters. The van der Waals surface area contributed by atoms with E-state index in [9.17, 15) is 9.18 Å². The summed E-state index contributed by atoms with van der Waals surface area (Å²) in [6.07, 6.45) is 1.63. The highest BCUT2D eigenvalue weighted by molar-refractivity contribution is 5.94. The number of nitrogens with zero attached hydrogens (tertiary/aromatic N) is 1. The van der Waals surface area contributed by atoms with Gasteiger partial charge in [-0.05, 0) is 31.4 Å². The predicted octanol–water partition coefficient (Wildman–Crippen LogP) is 2.39. The summed E-state index contributed by atoms with van der Waals surface area (Å²) >= 11 is 0. The lowest BCUT2D eigenvalue weighted by Gasteiger charge is -2.31. The highest BCUT2D eigenvalue weighted by Crippen LogP contribution is 2.18. The summed E-state index contributed by atoms with van der Waals surface area (Å²) in [7, 11) is 1.74. The van der Waals surface area contributed by atoms with E-state index in [-0.39, 0.29) is 17.5 Å². The summed E-state index contributed by atoms with van der Waals surface area (Å²) in [5.41, 5.74) is 0.658. The molecule has 3 nitrogen and oxygen atoms in total. The van der Waals surface area contributed by atoms with Crippen LogP contribution >= 0.6 is 0 Å². The molecule has 1 aromatic rings. The first-order valence-electron chi connectivity index (χ1n) is 6.21. The van der Waals surface area contributed by atoms with Gasteiger partial charge in [0.25, 0.3) is 5.91 Å². The fraction of sp³-hybridized carbons (Fsp3) is 0.500. The molecule has 0 saturated carbocycles. The van der Waals surface area contributed by atoms with Crippen molar-refractivity contribution >= 4 is 5.91 Å². The average molecular weight is 251 g/mol. The molecule has 0 bridgehead atoms. The van der Waals surface area contributed by atoms with Gasteiger partial charge in [0.1, 0.15) is 5.82 Å². The largest absolute Gasteiger partial charge is 0.381 e. The van der Waals surface area contributed by atoms with E-state index in [0.29, 0.717) is 18.8 Å². The van der Waals surface area contributed by atoms with E-state index in [2.05, 4.69) is 0 Å². The van der Waals surface area contributed by atoms with Gasteiger partial charge < -0.3 is 9.64 Å². The van der Waals surface area contributed by atoms with Crippen LogP contribution in [0, 0.1) is 12.7 Å². The maximum atomic E-state index is 13.9. The van der Waals surface area contributed by atoms with E-state index in [1.54, 1.807) is 37.1 Å². The van der Waals surface area contributed by atoms with Crippen molar-refractivity contribution in [1.82, 2.24) is 4.90 Å². The second-order valence-electron chi connectivity index (χ2n) is 4.70. The minimum absolute atomic E-state index is 0.145. The third kappa shape index (κ3) is 2.53. The van der Waals surface area contributed by atoms with Gasteiger partial charge in [-0.2, -0.15) is 0 Å². The molecule has 2 rings (SSSR count). The monoisotopic (exact) mass is 251 g/mol. The van der Waals surface area contributed by atoms with Gasteiger partial charge in [-0.25, -0.2) is 4.39 Å². The van der Waals surface area contributed by atoms with Crippen LogP contribution in [-0.2, 0) is 4.74 Å². The summed E-state index contributed by atoms with van der Waals surface area (Å²) in [5, 5.41) is 0. The van der Waals surface area contributed by atoms with Gasteiger partial charge in [-0.1, -0.05) is 12.1 Å². The number of benzene rings is 1. The maximum Gasteiger partial charge on any atom is 0.256 e. The molecule has 0 radical (unpaired) electrons. The quantitative estimate of drug-likeness (QED) is 0.807. The zero-order valence-electron chi connectivity index (χ0n) is 10.8. The molecule has 0 spiro atoms. The standard InChI is InChI=1S/C14H18FNO2/c1-10-4-3-5-12(13(10)15)14(17)16(2)11-6-8-18-9-7-11/h3-5,11H,6-9H2,1-2H3. The molecule has 1 heterocycles. The number of rotatable bonds is 2. The Morgan fingerprint density at radius 1 is 1.39 bits per heavy atom. The Bertz CT molecular complexity index is 441. The van der Waals surface area contributed by atoms with E-state index in [4.69, 9.17) is 4.74 Å². The number of hydrogen-bond donors (Lipinski definition) is 0. The Hall–Kier alpha value is -1.42. The molecule has 18 heavy (non-hydrogen) atoms. The molecule has 1 saturated heterocycles. The van der Waals surface area contributed by atoms with Crippen molar-refractivity contribution in [2.24, 2.45) is 0 Å². The highest BCUT2D eigenvalue weighted by atomic mass is 19.1. The molecule has 1 aliphatic rings. The molecule has 0 N–H and O–H groups in total. The zero-order chi connectivity index (χ0) is 13.1. The Morgan fingerprint density at radius 3 is 2.72 bits per heavy atom. The highest BCUT2D eigenvalue weighted by Gasteiger charge is 2.25. The van der Waals surface area contributed by atoms with Gasteiger partial charge in [0.2, 0.25) is 0 Å². The van der Waals surface area contributed by atoms with Crippen LogP contribution in [0.4, 0.5) is 4.39 Å². The summed E-state index contributed by atoms with van der Waals surface area (Å²) in [6, 6.07) is 5.07. The number of carbonyl (C=O) groups is 1. The lowest BCUT2D eigenvalue weighted by atomic mass is 10.0. The van der Waals surface area contributed by atoms with Crippen molar-refractivity contribution in [3.05, 3.63) is 35.1 Å². The predicted molar refractivity (Wildman–Crippen MR) is 67.1 cm³/mol. The van der Waals surface area contributed by atoms with E-state index in [1.807, 2.05) is 0 Å². The van der Waals surface area contributed by atoms with E-state index < -0.39 is 5.82 Å². The van der Waals surface area contributed by atoms with Crippen LogP contribution in [0.2, 0.25) is 0 Å². The minimum Gasteiger partial charge on any atom is -0.381 e. The van der Waals surface area contributed by atoms with Crippen LogP contribution < -0.4 is 0 Å². The van der Waals surface area contributed by atoms with Crippen molar-refractivity contribution < 1.29 is 13.9 Å². The average Bonchev–Trinajstić information content (AvgIpc) is 2.41. The van der Waals surface area contributed by atoms with Gasteiger partial charge in [0.05, 0.1) is 5.56 Å². The molecule has 1 fully saturated rings. The SMILES string of the molecule is Cc1cccc(C(=O)N(C)C2CCOCC2)c1F. The Balaban J connectivity index is 2.17. The third-order valence-electron chi connectivity index (χ3n) is 3.48. The first kappa shape index (κ1) is 13.0. The number of halogens is 1. The minimum atomic E-state index is -0.415. The topological polar surface area (TPSA) is 29.5 Å². The van der Waals surface area contributed by atoms with Crippen molar-refractivity contribution in [3.63, 3.8) is 0 Å². The fourth-order valence-corrected chi connectivity index (χ4v) is 2.24. The second-order valence-corrected chi connectivity index (χ2v) is 4.70. The van der Waals surface area contributed by atoms with Gasteiger partial charge in [0.15, 0.2) is 0 Å². The lowest BCUT2D eigenvalue weighted by Crippen LogP contribution is -2.41. The number of carbonyl (C=O) groups excluding carboxylic acids is 1. The molecule has 0 aromatic heterocycles. The van der Waals surface area contributed by atoms with E-state index >= 15 is 0 Å². The van der Waals surface area contributed by atoms with Gasteiger partial charge in [0, 0.05) is 26.3 Å². The lowest BCUT2D eigenvalue weighted by molar-refractivity contribution is 0.0359. The molecule has 1 aliphatic heterocycles. The smallest absolute Gasteiger partial charge is 0.256 e. The van der Waals surface area contributed by atoms with Crippen LogP contribution in [0.1, 0.15) is 28.8 Å². The first-order chi connectivity index (χ1) is 8.61.